The number of ether oxygens (including phenoxy) is 2. The van der Waals surface area contributed by atoms with Gasteiger partial charge in [0.15, 0.2) is 0 Å². The average molecular weight is 245 g/mol. The molecule has 1 heterocycles. The lowest BCUT2D eigenvalue weighted by atomic mass is 10.0. The van der Waals surface area contributed by atoms with Crippen molar-refractivity contribution < 1.29 is 14.6 Å². The third kappa shape index (κ3) is 2.43. The monoisotopic (exact) mass is 245 g/mol. The lowest BCUT2D eigenvalue weighted by molar-refractivity contribution is 0.208. The van der Waals surface area contributed by atoms with Crippen LogP contribution in [0, 0.1) is 0 Å². The number of nitrogens with zero attached hydrogens (tertiary/aromatic N) is 1. The highest BCUT2D eigenvalue weighted by atomic mass is 16.5. The zero-order valence-electron chi connectivity index (χ0n) is 10.3. The van der Waals surface area contributed by atoms with Crippen molar-refractivity contribution in [2.45, 2.75) is 6.10 Å². The van der Waals surface area contributed by atoms with E-state index in [1.54, 1.807) is 38.5 Å². The second-order valence-electron chi connectivity index (χ2n) is 3.75. The number of benzene rings is 1. The van der Waals surface area contributed by atoms with Crippen molar-refractivity contribution in [3.63, 3.8) is 0 Å². The van der Waals surface area contributed by atoms with Crippen LogP contribution in [-0.2, 0) is 0 Å². The van der Waals surface area contributed by atoms with Crippen LogP contribution in [0.5, 0.6) is 11.6 Å². The van der Waals surface area contributed by atoms with Crippen LogP contribution in [-0.4, -0.2) is 24.3 Å². The fourth-order valence-corrected chi connectivity index (χ4v) is 1.75. The quantitative estimate of drug-likeness (QED) is 0.897. The van der Waals surface area contributed by atoms with E-state index in [4.69, 9.17) is 9.47 Å². The van der Waals surface area contributed by atoms with Gasteiger partial charge in [0.2, 0.25) is 5.88 Å². The summed E-state index contributed by atoms with van der Waals surface area (Å²) < 4.78 is 10.3. The van der Waals surface area contributed by atoms with Gasteiger partial charge in [-0.2, -0.15) is 0 Å². The maximum atomic E-state index is 10.3. The topological polar surface area (TPSA) is 51.6 Å². The number of pyridine rings is 1. The zero-order valence-corrected chi connectivity index (χ0v) is 10.3. The number of hydrogen-bond acceptors (Lipinski definition) is 4. The Kier molecular flexibility index (Phi) is 3.79. The largest absolute Gasteiger partial charge is 0.496 e. The van der Waals surface area contributed by atoms with Crippen LogP contribution in [0.2, 0.25) is 0 Å². The van der Waals surface area contributed by atoms with Crippen molar-refractivity contribution >= 4 is 0 Å². The van der Waals surface area contributed by atoms with Crippen LogP contribution in [0.1, 0.15) is 17.4 Å². The van der Waals surface area contributed by atoms with Crippen LogP contribution in [0.15, 0.2) is 42.5 Å². The van der Waals surface area contributed by atoms with Crippen LogP contribution in [0.3, 0.4) is 0 Å². The first kappa shape index (κ1) is 12.4. The number of hydrogen-bond donors (Lipinski definition) is 1. The molecule has 1 aromatic carbocycles. The molecule has 2 rings (SSSR count). The van der Waals surface area contributed by atoms with Gasteiger partial charge in [-0.25, -0.2) is 4.98 Å². The normalized spacial score (nSPS) is 11.9. The summed E-state index contributed by atoms with van der Waals surface area (Å²) in [6, 6.07) is 12.6. The van der Waals surface area contributed by atoms with Crippen molar-refractivity contribution in [1.82, 2.24) is 4.98 Å². The van der Waals surface area contributed by atoms with Gasteiger partial charge < -0.3 is 14.6 Å². The molecule has 0 aliphatic rings. The number of para-hydroxylation sites is 1. The van der Waals surface area contributed by atoms with Crippen molar-refractivity contribution in [1.29, 1.82) is 0 Å². The summed E-state index contributed by atoms with van der Waals surface area (Å²) >= 11 is 0. The number of aromatic nitrogens is 1. The van der Waals surface area contributed by atoms with Crippen molar-refractivity contribution in [3.8, 4) is 11.6 Å². The Morgan fingerprint density at radius 1 is 1.00 bits per heavy atom. The highest BCUT2D eigenvalue weighted by Gasteiger charge is 2.16. The number of rotatable bonds is 4. The minimum absolute atomic E-state index is 0.474. The van der Waals surface area contributed by atoms with Crippen LogP contribution >= 0.6 is 0 Å². The van der Waals surface area contributed by atoms with Gasteiger partial charge in [-0.3, -0.25) is 0 Å². The molecule has 4 nitrogen and oxygen atoms in total. The van der Waals surface area contributed by atoms with Crippen molar-refractivity contribution in [3.05, 3.63) is 53.7 Å². The molecule has 1 atom stereocenters. The van der Waals surface area contributed by atoms with E-state index in [1.807, 2.05) is 18.2 Å². The number of aliphatic hydroxyl groups excluding tert-OH is 1. The standard InChI is InChI=1S/C14H15NO3/c1-17-12-8-4-3-6-10(12)14(16)11-7-5-9-13(15-11)18-2/h3-9,14,16H,1-2H3. The molecule has 1 N–H and O–H groups in total. The maximum Gasteiger partial charge on any atom is 0.213 e. The second-order valence-corrected chi connectivity index (χ2v) is 3.75. The van der Waals surface area contributed by atoms with Gasteiger partial charge >= 0.3 is 0 Å². The Hall–Kier alpha value is -2.07. The van der Waals surface area contributed by atoms with E-state index < -0.39 is 6.10 Å². The van der Waals surface area contributed by atoms with Crippen LogP contribution in [0.4, 0.5) is 0 Å². The van der Waals surface area contributed by atoms with E-state index in [0.717, 1.165) is 0 Å². The third-order valence-electron chi connectivity index (χ3n) is 2.67. The molecule has 0 fully saturated rings. The van der Waals surface area contributed by atoms with Gasteiger partial charge in [0.25, 0.3) is 0 Å². The lowest BCUT2D eigenvalue weighted by Gasteiger charge is -2.14. The Balaban J connectivity index is 2.37. The molecule has 0 saturated carbocycles. The van der Waals surface area contributed by atoms with Gasteiger partial charge in [0.05, 0.1) is 19.9 Å². The Bertz CT molecular complexity index is 528. The summed E-state index contributed by atoms with van der Waals surface area (Å²) in [7, 11) is 3.12. The summed E-state index contributed by atoms with van der Waals surface area (Å²) in [5, 5.41) is 10.3. The summed E-state index contributed by atoms with van der Waals surface area (Å²) in [6.45, 7) is 0. The number of methoxy groups -OCH3 is 2. The average Bonchev–Trinajstić information content (AvgIpc) is 2.46. The SMILES string of the molecule is COc1cccc(C(O)c2ccccc2OC)n1. The van der Waals surface area contributed by atoms with Gasteiger partial charge in [-0.05, 0) is 12.1 Å². The smallest absolute Gasteiger partial charge is 0.213 e. The molecule has 94 valence electrons. The molecular weight excluding hydrogens is 230 g/mol. The lowest BCUT2D eigenvalue weighted by Crippen LogP contribution is -2.05. The first-order valence-corrected chi connectivity index (χ1v) is 5.58. The molecule has 0 aliphatic heterocycles. The predicted octanol–water partition coefficient (Wildman–Crippen LogP) is 2.18. The number of aliphatic hydroxyl groups is 1. The van der Waals surface area contributed by atoms with Crippen molar-refractivity contribution in [2.75, 3.05) is 14.2 Å². The van der Waals surface area contributed by atoms with E-state index in [1.165, 1.54) is 0 Å². The van der Waals surface area contributed by atoms with E-state index in [-0.39, 0.29) is 0 Å². The molecule has 4 heteroatoms. The molecule has 0 amide bonds. The highest BCUT2D eigenvalue weighted by molar-refractivity contribution is 5.39. The predicted molar refractivity (Wildman–Crippen MR) is 67.8 cm³/mol. The molecule has 0 bridgehead atoms. The minimum atomic E-state index is -0.837. The molecule has 0 aliphatic carbocycles. The minimum Gasteiger partial charge on any atom is -0.496 e. The molecule has 0 spiro atoms. The van der Waals surface area contributed by atoms with E-state index >= 15 is 0 Å². The van der Waals surface area contributed by atoms with E-state index in [0.29, 0.717) is 22.9 Å². The summed E-state index contributed by atoms with van der Waals surface area (Å²) in [5.41, 5.74) is 1.21. The molecule has 0 saturated heterocycles. The summed E-state index contributed by atoms with van der Waals surface area (Å²) in [6.07, 6.45) is -0.837. The fourth-order valence-electron chi connectivity index (χ4n) is 1.75. The van der Waals surface area contributed by atoms with Gasteiger partial charge in [0.1, 0.15) is 11.9 Å². The summed E-state index contributed by atoms with van der Waals surface area (Å²) in [4.78, 5) is 4.22. The Morgan fingerprint density at radius 3 is 2.50 bits per heavy atom. The molecule has 2 aromatic rings. The molecule has 1 aromatic heterocycles. The first-order chi connectivity index (χ1) is 8.76. The molecule has 0 radical (unpaired) electrons. The molecular formula is C14H15NO3. The summed E-state index contributed by atoms with van der Waals surface area (Å²) in [5.74, 6) is 1.11. The van der Waals surface area contributed by atoms with Crippen LogP contribution in [0.25, 0.3) is 0 Å². The van der Waals surface area contributed by atoms with E-state index in [9.17, 15) is 5.11 Å². The third-order valence-corrected chi connectivity index (χ3v) is 2.67. The highest BCUT2D eigenvalue weighted by Crippen LogP contribution is 2.29. The Labute approximate surface area is 106 Å². The fraction of sp³-hybridized carbons (Fsp3) is 0.214. The zero-order chi connectivity index (χ0) is 13.0. The van der Waals surface area contributed by atoms with Crippen molar-refractivity contribution in [2.24, 2.45) is 0 Å². The molecule has 18 heavy (non-hydrogen) atoms. The first-order valence-electron chi connectivity index (χ1n) is 5.58. The van der Waals surface area contributed by atoms with Crippen LogP contribution < -0.4 is 9.47 Å². The second kappa shape index (κ2) is 5.51. The van der Waals surface area contributed by atoms with Gasteiger partial charge in [-0.15, -0.1) is 0 Å². The van der Waals surface area contributed by atoms with Gasteiger partial charge in [-0.1, -0.05) is 24.3 Å². The molecule has 1 unspecified atom stereocenters. The van der Waals surface area contributed by atoms with E-state index in [2.05, 4.69) is 4.98 Å². The Morgan fingerprint density at radius 2 is 1.78 bits per heavy atom. The van der Waals surface area contributed by atoms with Gasteiger partial charge in [0, 0.05) is 11.6 Å². The maximum absolute atomic E-state index is 10.3.